The second-order valence-corrected chi connectivity index (χ2v) is 8.38. The van der Waals surface area contributed by atoms with E-state index < -0.39 is 11.4 Å². The summed E-state index contributed by atoms with van der Waals surface area (Å²) in [6, 6.07) is 15.6. The maximum absolute atomic E-state index is 12.8. The number of aromatic nitrogens is 2. The van der Waals surface area contributed by atoms with Crippen LogP contribution in [-0.2, 0) is 11.4 Å². The molecule has 0 spiro atoms. The summed E-state index contributed by atoms with van der Waals surface area (Å²) in [5, 5.41) is 0.593. The van der Waals surface area contributed by atoms with Crippen LogP contribution in [0.5, 0.6) is 0 Å². The molecule has 1 aliphatic heterocycles. The molecule has 0 saturated carbocycles. The summed E-state index contributed by atoms with van der Waals surface area (Å²) in [5.41, 5.74) is 1.27. The van der Waals surface area contributed by atoms with Crippen LogP contribution < -0.4 is 9.62 Å². The molecule has 9 heteroatoms. The Balaban J connectivity index is 1.33. The number of carbonyl (C=O) groups excluding carboxylic acids is 1. The second kappa shape index (κ2) is 9.34. The van der Waals surface area contributed by atoms with Crippen molar-refractivity contribution in [2.24, 2.45) is 0 Å². The summed E-state index contributed by atoms with van der Waals surface area (Å²) < 4.78 is 15.3. The molecule has 0 radical (unpaired) electrons. The van der Waals surface area contributed by atoms with Gasteiger partial charge in [-0.15, -0.1) is 0 Å². The van der Waals surface area contributed by atoms with Crippen molar-refractivity contribution in [1.82, 2.24) is 14.9 Å². The van der Waals surface area contributed by atoms with Gasteiger partial charge in [0.2, 0.25) is 5.95 Å². The summed E-state index contributed by atoms with van der Waals surface area (Å²) in [6.45, 7) is 2.60. The van der Waals surface area contributed by atoms with E-state index in [1.165, 1.54) is 0 Å². The summed E-state index contributed by atoms with van der Waals surface area (Å²) in [7, 11) is 0. The zero-order chi connectivity index (χ0) is 20.9. The third kappa shape index (κ3) is 4.84. The molecule has 2 aromatic carbocycles. The summed E-state index contributed by atoms with van der Waals surface area (Å²) >= 11 is 4.45. The highest BCUT2D eigenvalue weighted by atomic mass is 35.5. The van der Waals surface area contributed by atoms with E-state index in [1.807, 2.05) is 4.90 Å². The fraction of sp³-hybridized carbons (Fsp3) is 0.190. The topological polar surface area (TPSA) is 84.4 Å². The second-order valence-electron chi connectivity index (χ2n) is 6.73. The Bertz CT molecular complexity index is 981. The predicted molar refractivity (Wildman–Crippen MR) is 118 cm³/mol. The van der Waals surface area contributed by atoms with Gasteiger partial charge in [0.25, 0.3) is 5.91 Å². The van der Waals surface area contributed by atoms with Crippen molar-refractivity contribution in [2.45, 2.75) is 4.90 Å². The van der Waals surface area contributed by atoms with Gasteiger partial charge in [-0.2, -0.15) is 0 Å². The number of amides is 1. The van der Waals surface area contributed by atoms with Crippen molar-refractivity contribution in [3.05, 3.63) is 77.6 Å². The average molecular weight is 442 g/mol. The standard InChI is InChI=1S/C21H20ClN5O2S/c22-17-4-8-19(9-5-17)30(29)25-18-6-2-16(3-7-18)20(28)26-12-14-27(15-13-26)21-23-10-1-11-24-21/h1-11,25H,12-15H2. The normalized spacial score (nSPS) is 15.0. The van der Waals surface area contributed by atoms with E-state index in [9.17, 15) is 9.35 Å². The van der Waals surface area contributed by atoms with Crippen molar-refractivity contribution in [3.63, 3.8) is 0 Å². The first kappa shape index (κ1) is 20.5. The first-order valence-electron chi connectivity index (χ1n) is 9.45. The zero-order valence-corrected chi connectivity index (χ0v) is 17.6. The van der Waals surface area contributed by atoms with Crippen molar-refractivity contribution < 1.29 is 9.35 Å². The van der Waals surface area contributed by atoms with Crippen LogP contribution in [0.3, 0.4) is 0 Å². The van der Waals surface area contributed by atoms with Crippen LogP contribution >= 0.6 is 11.6 Å². The minimum absolute atomic E-state index is 0.0194. The highest BCUT2D eigenvalue weighted by Gasteiger charge is 2.23. The van der Waals surface area contributed by atoms with Gasteiger partial charge in [-0.3, -0.25) is 4.79 Å². The Morgan fingerprint density at radius 2 is 1.60 bits per heavy atom. The molecule has 0 bridgehead atoms. The lowest BCUT2D eigenvalue weighted by Crippen LogP contribution is -2.49. The quantitative estimate of drug-likeness (QED) is 0.612. The molecular weight excluding hydrogens is 422 g/mol. The SMILES string of the molecule is O=C(c1ccc(N[S+]([O-])c2ccc(Cl)cc2)cc1)N1CCN(c2ncccn2)CC1. The number of hydrogen-bond acceptors (Lipinski definition) is 6. The van der Waals surface area contributed by atoms with Gasteiger partial charge in [0.05, 0.1) is 5.69 Å². The fourth-order valence-corrected chi connectivity index (χ4v) is 4.13. The number of carbonyl (C=O) groups is 1. The molecule has 1 fully saturated rings. The molecule has 1 unspecified atom stereocenters. The Morgan fingerprint density at radius 3 is 2.23 bits per heavy atom. The predicted octanol–water partition coefficient (Wildman–Crippen LogP) is 3.23. The van der Waals surface area contributed by atoms with Crippen molar-refractivity contribution >= 4 is 40.5 Å². The molecule has 1 aliphatic rings. The first-order chi connectivity index (χ1) is 14.6. The maximum Gasteiger partial charge on any atom is 0.253 e. The van der Waals surface area contributed by atoms with E-state index in [1.54, 1.807) is 67.0 Å². The van der Waals surface area contributed by atoms with E-state index in [0.717, 1.165) is 0 Å². The summed E-state index contributed by atoms with van der Waals surface area (Å²) in [5.74, 6) is 0.669. The number of nitrogens with one attached hydrogen (secondary N) is 1. The number of benzene rings is 2. The van der Waals surface area contributed by atoms with Crippen LogP contribution in [0.1, 0.15) is 10.4 Å². The van der Waals surface area contributed by atoms with Gasteiger partial charge in [0.1, 0.15) is 11.4 Å². The van der Waals surface area contributed by atoms with Gasteiger partial charge < -0.3 is 14.4 Å². The molecule has 1 amide bonds. The molecule has 4 rings (SSSR count). The number of nitrogens with zero attached hydrogens (tertiary/aromatic N) is 4. The van der Waals surface area contributed by atoms with Crippen LogP contribution in [0.25, 0.3) is 0 Å². The van der Waals surface area contributed by atoms with Gasteiger partial charge in [-0.1, -0.05) is 11.6 Å². The average Bonchev–Trinajstić information content (AvgIpc) is 2.80. The number of rotatable bonds is 5. The number of halogens is 1. The molecule has 30 heavy (non-hydrogen) atoms. The van der Waals surface area contributed by atoms with Gasteiger partial charge in [0, 0.05) is 49.2 Å². The molecular formula is C21H20ClN5O2S. The smallest absolute Gasteiger partial charge is 0.253 e. The van der Waals surface area contributed by atoms with E-state index in [4.69, 9.17) is 11.6 Å². The molecule has 2 heterocycles. The van der Waals surface area contributed by atoms with Crippen LogP contribution in [0.15, 0.2) is 71.9 Å². The van der Waals surface area contributed by atoms with E-state index in [2.05, 4.69) is 19.6 Å². The van der Waals surface area contributed by atoms with Crippen LogP contribution in [0, 0.1) is 0 Å². The molecule has 1 saturated heterocycles. The lowest BCUT2D eigenvalue weighted by atomic mass is 10.1. The van der Waals surface area contributed by atoms with Crippen LogP contribution in [0.4, 0.5) is 11.6 Å². The third-order valence-corrected chi connectivity index (χ3v) is 6.15. The lowest BCUT2D eigenvalue weighted by Gasteiger charge is -2.34. The molecule has 7 nitrogen and oxygen atoms in total. The lowest BCUT2D eigenvalue weighted by molar-refractivity contribution is 0.0746. The minimum atomic E-state index is -1.41. The van der Waals surface area contributed by atoms with Crippen LogP contribution in [0.2, 0.25) is 5.02 Å². The number of anilines is 2. The minimum Gasteiger partial charge on any atom is -0.588 e. The Hall–Kier alpha value is -2.81. The molecule has 3 aromatic rings. The fourth-order valence-electron chi connectivity index (χ4n) is 3.15. The Labute approximate surface area is 183 Å². The van der Waals surface area contributed by atoms with Gasteiger partial charge in [0.15, 0.2) is 4.90 Å². The van der Waals surface area contributed by atoms with Crippen molar-refractivity contribution in [3.8, 4) is 0 Å². The Kier molecular flexibility index (Phi) is 6.37. The molecule has 0 aliphatic carbocycles. The van der Waals surface area contributed by atoms with E-state index in [0.29, 0.717) is 53.3 Å². The zero-order valence-electron chi connectivity index (χ0n) is 16.1. The molecule has 1 N–H and O–H groups in total. The largest absolute Gasteiger partial charge is 0.588 e. The van der Waals surface area contributed by atoms with Gasteiger partial charge >= 0.3 is 0 Å². The van der Waals surface area contributed by atoms with Crippen molar-refractivity contribution in [2.75, 3.05) is 35.8 Å². The van der Waals surface area contributed by atoms with Crippen molar-refractivity contribution in [1.29, 1.82) is 0 Å². The monoisotopic (exact) mass is 441 g/mol. The highest BCUT2D eigenvalue weighted by molar-refractivity contribution is 7.92. The number of hydrogen-bond donors (Lipinski definition) is 1. The summed E-state index contributed by atoms with van der Waals surface area (Å²) in [6.07, 6.45) is 3.44. The van der Waals surface area contributed by atoms with E-state index in [-0.39, 0.29) is 5.91 Å². The maximum atomic E-state index is 12.8. The molecule has 1 aromatic heterocycles. The van der Waals surface area contributed by atoms with Gasteiger partial charge in [-0.25, -0.2) is 14.7 Å². The Morgan fingerprint density at radius 1 is 0.967 bits per heavy atom. The summed E-state index contributed by atoms with van der Waals surface area (Å²) in [4.78, 5) is 25.9. The van der Waals surface area contributed by atoms with Gasteiger partial charge in [-0.05, 0) is 54.6 Å². The van der Waals surface area contributed by atoms with Crippen LogP contribution in [-0.4, -0.2) is 51.5 Å². The first-order valence-corrected chi connectivity index (χ1v) is 11.0. The molecule has 154 valence electrons. The number of piperazine rings is 1. The third-order valence-electron chi connectivity index (χ3n) is 4.77. The highest BCUT2D eigenvalue weighted by Crippen LogP contribution is 2.20. The van der Waals surface area contributed by atoms with E-state index >= 15 is 0 Å². The molecule has 1 atom stereocenters.